The smallest absolute Gasteiger partial charge is 0.0194 e. The van der Waals surface area contributed by atoms with Gasteiger partial charge in [-0.05, 0) is 45.2 Å². The van der Waals surface area contributed by atoms with E-state index in [2.05, 4.69) is 43.3 Å². The van der Waals surface area contributed by atoms with Crippen LogP contribution >= 0.6 is 12.6 Å². The molecular formula is C12H26N2S. The van der Waals surface area contributed by atoms with Crippen molar-refractivity contribution < 1.29 is 0 Å². The fraction of sp³-hybridized carbons (Fsp3) is 1.00. The maximum absolute atomic E-state index is 4.43. The van der Waals surface area contributed by atoms with E-state index in [-0.39, 0.29) is 0 Å². The molecule has 90 valence electrons. The normalized spacial score (nSPS) is 27.6. The summed E-state index contributed by atoms with van der Waals surface area (Å²) in [5.74, 6) is 1.79. The molecule has 2 unspecified atom stereocenters. The number of nitrogens with zero attached hydrogens (tertiary/aromatic N) is 2. The van der Waals surface area contributed by atoms with Crippen LogP contribution in [0.4, 0.5) is 0 Å². The summed E-state index contributed by atoms with van der Waals surface area (Å²) in [7, 11) is 2.23. The second-order valence-electron chi connectivity index (χ2n) is 4.92. The average molecular weight is 230 g/mol. The summed E-state index contributed by atoms with van der Waals surface area (Å²) in [4.78, 5) is 5.10. The first kappa shape index (κ1) is 13.3. The zero-order chi connectivity index (χ0) is 11.3. The first-order valence-electron chi connectivity index (χ1n) is 6.20. The van der Waals surface area contributed by atoms with Crippen LogP contribution < -0.4 is 0 Å². The molecule has 15 heavy (non-hydrogen) atoms. The summed E-state index contributed by atoms with van der Waals surface area (Å²) in [6.07, 6.45) is 2.56. The van der Waals surface area contributed by atoms with E-state index < -0.39 is 0 Å². The molecule has 1 heterocycles. The monoisotopic (exact) mass is 230 g/mol. The molecule has 1 rings (SSSR count). The van der Waals surface area contributed by atoms with Gasteiger partial charge in [-0.2, -0.15) is 12.6 Å². The highest BCUT2D eigenvalue weighted by Gasteiger charge is 2.21. The van der Waals surface area contributed by atoms with Crippen molar-refractivity contribution in [3.63, 3.8) is 0 Å². The Hall–Kier alpha value is 0.270. The van der Waals surface area contributed by atoms with Crippen LogP contribution in [0.2, 0.25) is 0 Å². The third-order valence-electron chi connectivity index (χ3n) is 3.51. The number of rotatable bonds is 4. The number of hydrogen-bond acceptors (Lipinski definition) is 3. The molecule has 1 aliphatic rings. The minimum absolute atomic E-state index is 0.700. The molecule has 1 aliphatic heterocycles. The molecule has 0 amide bonds. The largest absolute Gasteiger partial charge is 0.305 e. The molecule has 0 N–H and O–H groups in total. The van der Waals surface area contributed by atoms with Gasteiger partial charge in [0.2, 0.25) is 0 Å². The third kappa shape index (κ3) is 4.33. The Kier molecular flexibility index (Phi) is 6.02. The maximum atomic E-state index is 4.43. The van der Waals surface area contributed by atoms with Gasteiger partial charge in [-0.15, -0.1) is 0 Å². The first-order valence-corrected chi connectivity index (χ1v) is 6.84. The molecule has 0 spiro atoms. The van der Waals surface area contributed by atoms with Crippen molar-refractivity contribution in [2.24, 2.45) is 5.92 Å². The van der Waals surface area contributed by atoms with E-state index in [0.29, 0.717) is 6.04 Å². The SMILES string of the molecule is CCC(CS)CN1CCCN(C)CC1C. The summed E-state index contributed by atoms with van der Waals surface area (Å²) in [6.45, 7) is 9.58. The van der Waals surface area contributed by atoms with Crippen molar-refractivity contribution in [3.05, 3.63) is 0 Å². The maximum Gasteiger partial charge on any atom is 0.0194 e. The highest BCUT2D eigenvalue weighted by atomic mass is 32.1. The lowest BCUT2D eigenvalue weighted by atomic mass is 10.1. The van der Waals surface area contributed by atoms with Crippen LogP contribution in [0, 0.1) is 5.92 Å². The van der Waals surface area contributed by atoms with E-state index in [0.717, 1.165) is 11.7 Å². The Morgan fingerprint density at radius 3 is 2.73 bits per heavy atom. The van der Waals surface area contributed by atoms with E-state index in [9.17, 15) is 0 Å². The minimum atomic E-state index is 0.700. The minimum Gasteiger partial charge on any atom is -0.305 e. The summed E-state index contributed by atoms with van der Waals surface area (Å²) < 4.78 is 0. The van der Waals surface area contributed by atoms with Gasteiger partial charge in [0.05, 0.1) is 0 Å². The van der Waals surface area contributed by atoms with Crippen LogP contribution in [0.5, 0.6) is 0 Å². The molecule has 2 nitrogen and oxygen atoms in total. The fourth-order valence-electron chi connectivity index (χ4n) is 2.34. The Labute approximate surface area is 100 Å². The summed E-state index contributed by atoms with van der Waals surface area (Å²) >= 11 is 4.43. The van der Waals surface area contributed by atoms with Gasteiger partial charge in [0, 0.05) is 19.1 Å². The quantitative estimate of drug-likeness (QED) is 0.738. The zero-order valence-electron chi connectivity index (χ0n) is 10.4. The first-order chi connectivity index (χ1) is 7.17. The van der Waals surface area contributed by atoms with Crippen molar-refractivity contribution in [1.29, 1.82) is 0 Å². The Morgan fingerprint density at radius 2 is 2.13 bits per heavy atom. The Bertz CT molecular complexity index is 171. The van der Waals surface area contributed by atoms with Gasteiger partial charge in [0.1, 0.15) is 0 Å². The summed E-state index contributed by atoms with van der Waals surface area (Å²) in [6, 6.07) is 0.700. The summed E-state index contributed by atoms with van der Waals surface area (Å²) in [5.41, 5.74) is 0. The van der Waals surface area contributed by atoms with Crippen LogP contribution in [-0.2, 0) is 0 Å². The van der Waals surface area contributed by atoms with Crippen LogP contribution in [-0.4, -0.2) is 54.8 Å². The van der Waals surface area contributed by atoms with Gasteiger partial charge in [-0.25, -0.2) is 0 Å². The number of likely N-dealkylation sites (N-methyl/N-ethyl adjacent to an activating group) is 1. The van der Waals surface area contributed by atoms with E-state index >= 15 is 0 Å². The second-order valence-corrected chi connectivity index (χ2v) is 5.28. The van der Waals surface area contributed by atoms with Crippen LogP contribution in [0.25, 0.3) is 0 Å². The van der Waals surface area contributed by atoms with Crippen LogP contribution in [0.1, 0.15) is 26.7 Å². The number of hydrogen-bond donors (Lipinski definition) is 1. The Balaban J connectivity index is 2.44. The third-order valence-corrected chi connectivity index (χ3v) is 4.03. The predicted molar refractivity (Wildman–Crippen MR) is 70.8 cm³/mol. The fourth-order valence-corrected chi connectivity index (χ4v) is 2.71. The molecule has 1 saturated heterocycles. The molecule has 0 radical (unpaired) electrons. The van der Waals surface area contributed by atoms with E-state index in [1.54, 1.807) is 0 Å². The van der Waals surface area contributed by atoms with Crippen molar-refractivity contribution in [2.75, 3.05) is 39.0 Å². The highest BCUT2D eigenvalue weighted by molar-refractivity contribution is 7.80. The molecule has 0 saturated carbocycles. The molecule has 0 aliphatic carbocycles. The van der Waals surface area contributed by atoms with Crippen molar-refractivity contribution >= 4 is 12.6 Å². The lowest BCUT2D eigenvalue weighted by molar-refractivity contribution is 0.178. The predicted octanol–water partition coefficient (Wildman–Crippen LogP) is 1.97. The van der Waals surface area contributed by atoms with E-state index in [1.165, 1.54) is 39.0 Å². The lowest BCUT2D eigenvalue weighted by Gasteiger charge is -2.30. The topological polar surface area (TPSA) is 6.48 Å². The lowest BCUT2D eigenvalue weighted by Crippen LogP contribution is -2.40. The molecule has 0 aromatic carbocycles. The van der Waals surface area contributed by atoms with Gasteiger partial charge in [-0.3, -0.25) is 4.90 Å². The average Bonchev–Trinajstić information content (AvgIpc) is 2.36. The van der Waals surface area contributed by atoms with Gasteiger partial charge in [0.15, 0.2) is 0 Å². The van der Waals surface area contributed by atoms with Gasteiger partial charge in [0.25, 0.3) is 0 Å². The molecule has 2 atom stereocenters. The molecule has 1 fully saturated rings. The second kappa shape index (κ2) is 6.77. The van der Waals surface area contributed by atoms with Crippen molar-refractivity contribution in [2.45, 2.75) is 32.7 Å². The zero-order valence-corrected chi connectivity index (χ0v) is 11.3. The summed E-state index contributed by atoms with van der Waals surface area (Å²) in [5, 5.41) is 0. The molecule has 0 aromatic rings. The highest BCUT2D eigenvalue weighted by Crippen LogP contribution is 2.14. The molecular weight excluding hydrogens is 204 g/mol. The molecule has 0 aromatic heterocycles. The standard InChI is InChI=1S/C12H26N2S/c1-4-12(10-15)9-14-7-5-6-13(3)8-11(14)2/h11-12,15H,4-10H2,1-3H3. The van der Waals surface area contributed by atoms with Crippen molar-refractivity contribution in [3.8, 4) is 0 Å². The van der Waals surface area contributed by atoms with Crippen molar-refractivity contribution in [1.82, 2.24) is 9.80 Å². The number of thiol groups is 1. The van der Waals surface area contributed by atoms with Gasteiger partial charge >= 0.3 is 0 Å². The Morgan fingerprint density at radius 1 is 1.40 bits per heavy atom. The van der Waals surface area contributed by atoms with Gasteiger partial charge < -0.3 is 4.90 Å². The molecule has 0 bridgehead atoms. The van der Waals surface area contributed by atoms with Crippen LogP contribution in [0.15, 0.2) is 0 Å². The van der Waals surface area contributed by atoms with E-state index in [1.807, 2.05) is 0 Å². The van der Waals surface area contributed by atoms with E-state index in [4.69, 9.17) is 0 Å². The van der Waals surface area contributed by atoms with Crippen LogP contribution in [0.3, 0.4) is 0 Å². The molecule has 3 heteroatoms. The van der Waals surface area contributed by atoms with Gasteiger partial charge in [-0.1, -0.05) is 13.3 Å².